The summed E-state index contributed by atoms with van der Waals surface area (Å²) in [6.45, 7) is 6.83. The van der Waals surface area contributed by atoms with E-state index in [4.69, 9.17) is 13.9 Å². The van der Waals surface area contributed by atoms with Crippen molar-refractivity contribution in [2.24, 2.45) is 5.41 Å². The lowest BCUT2D eigenvalue weighted by molar-refractivity contribution is -0.144. The van der Waals surface area contributed by atoms with E-state index in [1.807, 2.05) is 20.8 Å². The first-order valence-electron chi connectivity index (χ1n) is 10.8. The molecule has 10 nitrogen and oxygen atoms in total. The predicted octanol–water partition coefficient (Wildman–Crippen LogP) is 3.85. The number of nitrogens with zero attached hydrogens (tertiary/aromatic N) is 3. The Balaban J connectivity index is 1.60. The van der Waals surface area contributed by atoms with Crippen molar-refractivity contribution in [3.05, 3.63) is 36.2 Å². The number of carboxylic acid groups (broad SMARTS) is 1. The molecule has 1 aliphatic rings. The number of benzene rings is 1. The van der Waals surface area contributed by atoms with Gasteiger partial charge in [-0.05, 0) is 24.3 Å². The highest BCUT2D eigenvalue weighted by atomic mass is 16.5. The molecule has 0 radical (unpaired) electrons. The number of carbonyl (C=O) groups is 2. The van der Waals surface area contributed by atoms with E-state index < -0.39 is 23.3 Å². The molecule has 1 atom stereocenters. The van der Waals surface area contributed by atoms with Crippen LogP contribution in [0, 0.1) is 5.41 Å². The van der Waals surface area contributed by atoms with Crippen LogP contribution in [0.25, 0.3) is 10.9 Å². The lowest BCUT2D eigenvalue weighted by atomic mass is 9.87. The second-order valence-corrected chi connectivity index (χ2v) is 9.24. The van der Waals surface area contributed by atoms with E-state index in [0.29, 0.717) is 41.4 Å². The van der Waals surface area contributed by atoms with E-state index in [2.05, 4.69) is 15.4 Å². The molecule has 0 bridgehead atoms. The molecule has 1 amide bonds. The van der Waals surface area contributed by atoms with Gasteiger partial charge >= 0.3 is 5.97 Å². The predicted molar refractivity (Wildman–Crippen MR) is 120 cm³/mol. The molecule has 3 aromatic rings. The lowest BCUT2D eigenvalue weighted by Crippen LogP contribution is -2.31. The van der Waals surface area contributed by atoms with Gasteiger partial charge in [-0.1, -0.05) is 20.8 Å². The average Bonchev–Trinajstić information content (AvgIpc) is 3.39. The molecule has 10 heteroatoms. The quantitative estimate of drug-likeness (QED) is 0.572. The Morgan fingerprint density at radius 3 is 2.64 bits per heavy atom. The SMILES string of the molecule is COc1cc2nn(C(C(=O)O)C(C)(C)C)cc2cc1NC(=O)c1coc(C2CCOCC2)n1. The van der Waals surface area contributed by atoms with E-state index in [1.165, 1.54) is 18.1 Å². The maximum atomic E-state index is 12.8. The standard InChI is InChI=1S/C23H28N4O6/c1-23(2,3)19(22(29)30)27-11-14-9-16(18(31-4)10-15(14)26-27)24-20(28)17-12-33-21(25-17)13-5-7-32-8-6-13/h9-13,19H,5-8H2,1-4H3,(H,24,28)(H,29,30). The van der Waals surface area contributed by atoms with Crippen LogP contribution in [0.2, 0.25) is 0 Å². The van der Waals surface area contributed by atoms with Crippen LogP contribution in [0.5, 0.6) is 5.75 Å². The van der Waals surface area contributed by atoms with Gasteiger partial charge in [0.25, 0.3) is 5.91 Å². The topological polar surface area (TPSA) is 129 Å². The number of hydrogen-bond donors (Lipinski definition) is 2. The Kier molecular flexibility index (Phi) is 6.11. The van der Waals surface area contributed by atoms with Gasteiger partial charge in [0.2, 0.25) is 0 Å². The number of nitrogens with one attached hydrogen (secondary N) is 1. The first kappa shape index (κ1) is 22.8. The fourth-order valence-corrected chi connectivity index (χ4v) is 4.06. The van der Waals surface area contributed by atoms with Crippen LogP contribution in [0.1, 0.15) is 62.0 Å². The summed E-state index contributed by atoms with van der Waals surface area (Å²) >= 11 is 0. The summed E-state index contributed by atoms with van der Waals surface area (Å²) in [5.74, 6) is -0.324. The normalized spacial score (nSPS) is 16.0. The first-order valence-corrected chi connectivity index (χ1v) is 10.8. The second kappa shape index (κ2) is 8.86. The third-order valence-electron chi connectivity index (χ3n) is 5.74. The highest BCUT2D eigenvalue weighted by Gasteiger charge is 2.34. The Hall–Kier alpha value is -3.40. The van der Waals surface area contributed by atoms with Gasteiger partial charge in [0.1, 0.15) is 12.0 Å². The summed E-state index contributed by atoms with van der Waals surface area (Å²) in [6.07, 6.45) is 4.63. The minimum Gasteiger partial charge on any atom is -0.494 e. The number of oxazole rings is 1. The summed E-state index contributed by atoms with van der Waals surface area (Å²) in [6, 6.07) is 2.52. The smallest absolute Gasteiger partial charge is 0.329 e. The highest BCUT2D eigenvalue weighted by Crippen LogP contribution is 2.35. The third kappa shape index (κ3) is 4.70. The number of fused-ring (bicyclic) bond motifs is 1. The van der Waals surface area contributed by atoms with Gasteiger partial charge < -0.3 is 24.3 Å². The monoisotopic (exact) mass is 456 g/mol. The highest BCUT2D eigenvalue weighted by molar-refractivity contribution is 6.04. The zero-order valence-electron chi connectivity index (χ0n) is 19.1. The molecule has 0 saturated carbocycles. The van der Waals surface area contributed by atoms with Gasteiger partial charge in [-0.25, -0.2) is 9.78 Å². The number of aliphatic carboxylic acids is 1. The minimum atomic E-state index is -0.970. The van der Waals surface area contributed by atoms with Crippen molar-refractivity contribution >= 4 is 28.5 Å². The molecule has 1 unspecified atom stereocenters. The molecular formula is C23H28N4O6. The number of carboxylic acids is 1. The fourth-order valence-electron chi connectivity index (χ4n) is 4.06. The Morgan fingerprint density at radius 2 is 2.00 bits per heavy atom. The van der Waals surface area contributed by atoms with Crippen molar-refractivity contribution in [2.45, 2.75) is 45.6 Å². The zero-order valence-corrected chi connectivity index (χ0v) is 19.1. The van der Waals surface area contributed by atoms with Crippen molar-refractivity contribution in [1.82, 2.24) is 14.8 Å². The van der Waals surface area contributed by atoms with Gasteiger partial charge in [0.05, 0.1) is 18.3 Å². The minimum absolute atomic E-state index is 0.141. The summed E-state index contributed by atoms with van der Waals surface area (Å²) in [4.78, 5) is 29.1. The molecular weight excluding hydrogens is 428 g/mol. The van der Waals surface area contributed by atoms with Gasteiger partial charge in [0, 0.05) is 36.8 Å². The maximum Gasteiger partial charge on any atom is 0.329 e. The number of amides is 1. The summed E-state index contributed by atoms with van der Waals surface area (Å²) in [5, 5.41) is 17.7. The number of aromatic nitrogens is 3. The maximum absolute atomic E-state index is 12.8. The van der Waals surface area contributed by atoms with E-state index in [9.17, 15) is 14.7 Å². The van der Waals surface area contributed by atoms with Crippen LogP contribution in [-0.4, -0.2) is 52.1 Å². The van der Waals surface area contributed by atoms with Gasteiger partial charge in [-0.2, -0.15) is 5.10 Å². The number of rotatable bonds is 6. The molecule has 33 heavy (non-hydrogen) atoms. The molecule has 2 N–H and O–H groups in total. The van der Waals surface area contributed by atoms with Crippen LogP contribution >= 0.6 is 0 Å². The Morgan fingerprint density at radius 1 is 1.27 bits per heavy atom. The van der Waals surface area contributed by atoms with Crippen molar-refractivity contribution in [2.75, 3.05) is 25.6 Å². The largest absolute Gasteiger partial charge is 0.494 e. The van der Waals surface area contributed by atoms with Crippen LogP contribution in [-0.2, 0) is 9.53 Å². The van der Waals surface area contributed by atoms with Crippen molar-refractivity contribution in [3.63, 3.8) is 0 Å². The van der Waals surface area contributed by atoms with Gasteiger partial charge in [-0.3, -0.25) is 9.48 Å². The molecule has 3 heterocycles. The third-order valence-corrected chi connectivity index (χ3v) is 5.74. The molecule has 0 spiro atoms. The first-order chi connectivity index (χ1) is 15.7. The van der Waals surface area contributed by atoms with E-state index in [0.717, 1.165) is 12.8 Å². The fraction of sp³-hybridized carbons (Fsp3) is 0.478. The van der Waals surface area contributed by atoms with E-state index >= 15 is 0 Å². The molecule has 1 fully saturated rings. The molecule has 1 saturated heterocycles. The number of hydrogen-bond acceptors (Lipinski definition) is 7. The van der Waals surface area contributed by atoms with Crippen molar-refractivity contribution in [1.29, 1.82) is 0 Å². The summed E-state index contributed by atoms with van der Waals surface area (Å²) < 4.78 is 17.8. The van der Waals surface area contributed by atoms with E-state index in [-0.39, 0.29) is 11.6 Å². The Bertz CT molecular complexity index is 1170. The van der Waals surface area contributed by atoms with Crippen molar-refractivity contribution < 1.29 is 28.6 Å². The summed E-state index contributed by atoms with van der Waals surface area (Å²) in [5.41, 5.74) is 0.605. The van der Waals surface area contributed by atoms with Gasteiger partial charge in [0.15, 0.2) is 17.6 Å². The Labute approximate surface area is 190 Å². The zero-order chi connectivity index (χ0) is 23.8. The second-order valence-electron chi connectivity index (χ2n) is 9.24. The number of anilines is 1. The van der Waals surface area contributed by atoms with Crippen LogP contribution in [0.4, 0.5) is 5.69 Å². The number of ether oxygens (including phenoxy) is 2. The molecule has 2 aromatic heterocycles. The van der Waals surface area contributed by atoms with E-state index in [1.54, 1.807) is 18.3 Å². The van der Waals surface area contributed by atoms with Crippen LogP contribution in [0.15, 0.2) is 29.0 Å². The lowest BCUT2D eigenvalue weighted by Gasteiger charge is -2.26. The number of carbonyl (C=O) groups excluding carboxylic acids is 1. The number of methoxy groups -OCH3 is 1. The molecule has 0 aliphatic carbocycles. The van der Waals surface area contributed by atoms with Crippen LogP contribution < -0.4 is 10.1 Å². The van der Waals surface area contributed by atoms with Crippen LogP contribution in [0.3, 0.4) is 0 Å². The molecule has 1 aromatic carbocycles. The van der Waals surface area contributed by atoms with Gasteiger partial charge in [-0.15, -0.1) is 0 Å². The molecule has 1 aliphatic heterocycles. The molecule has 4 rings (SSSR count). The average molecular weight is 456 g/mol. The van der Waals surface area contributed by atoms with Crippen molar-refractivity contribution in [3.8, 4) is 5.75 Å². The summed E-state index contributed by atoms with van der Waals surface area (Å²) in [7, 11) is 1.49. The molecule has 176 valence electrons.